The largest absolute Gasteiger partial charge is 0.491 e. The lowest BCUT2D eigenvalue weighted by atomic mass is 9.95. The standard InChI is InChI=1S/C20H29ClN2O4/c21-18-13-17(14-23-7-11-26-16-20(23)3-8-25-15-20)1-2-19(18)27-12-6-22-4-9-24-10-5-22/h1-2,13H,3-12,14-16H2. The predicted octanol–water partition coefficient (Wildman–Crippen LogP) is 2.04. The van der Waals surface area contributed by atoms with E-state index in [0.717, 1.165) is 84.5 Å². The fraction of sp³-hybridized carbons (Fsp3) is 0.700. The molecule has 3 aliphatic heterocycles. The van der Waals surface area contributed by atoms with E-state index in [0.29, 0.717) is 11.6 Å². The van der Waals surface area contributed by atoms with Crippen molar-refractivity contribution in [3.8, 4) is 5.75 Å². The van der Waals surface area contributed by atoms with Gasteiger partial charge in [-0.25, -0.2) is 0 Å². The Hall–Kier alpha value is -0.890. The Labute approximate surface area is 166 Å². The van der Waals surface area contributed by atoms with Gasteiger partial charge in [-0.05, 0) is 24.1 Å². The van der Waals surface area contributed by atoms with E-state index in [1.54, 1.807) is 0 Å². The Morgan fingerprint density at radius 2 is 1.78 bits per heavy atom. The maximum atomic E-state index is 6.49. The van der Waals surface area contributed by atoms with E-state index < -0.39 is 0 Å². The molecule has 7 heteroatoms. The highest BCUT2D eigenvalue weighted by molar-refractivity contribution is 6.32. The average molecular weight is 397 g/mol. The van der Waals surface area contributed by atoms with Crippen molar-refractivity contribution in [2.45, 2.75) is 18.5 Å². The van der Waals surface area contributed by atoms with Gasteiger partial charge in [-0.15, -0.1) is 0 Å². The molecule has 1 unspecified atom stereocenters. The maximum Gasteiger partial charge on any atom is 0.137 e. The first kappa shape index (κ1) is 19.4. The molecule has 150 valence electrons. The van der Waals surface area contributed by atoms with Crippen LogP contribution in [0.1, 0.15) is 12.0 Å². The molecule has 6 nitrogen and oxygen atoms in total. The summed E-state index contributed by atoms with van der Waals surface area (Å²) in [6.07, 6.45) is 1.03. The summed E-state index contributed by atoms with van der Waals surface area (Å²) in [6.45, 7) is 10.00. The Morgan fingerprint density at radius 3 is 2.56 bits per heavy atom. The van der Waals surface area contributed by atoms with Crippen LogP contribution in [0.4, 0.5) is 0 Å². The van der Waals surface area contributed by atoms with Gasteiger partial charge in [0, 0.05) is 39.3 Å². The van der Waals surface area contributed by atoms with Crippen molar-refractivity contribution >= 4 is 11.6 Å². The first-order valence-electron chi connectivity index (χ1n) is 9.87. The van der Waals surface area contributed by atoms with E-state index in [1.165, 1.54) is 5.56 Å². The fourth-order valence-corrected chi connectivity index (χ4v) is 4.32. The maximum absolute atomic E-state index is 6.49. The predicted molar refractivity (Wildman–Crippen MR) is 104 cm³/mol. The molecule has 0 N–H and O–H groups in total. The van der Waals surface area contributed by atoms with Crippen LogP contribution in [0, 0.1) is 0 Å². The molecule has 3 heterocycles. The molecule has 3 aliphatic rings. The molecular formula is C20H29ClN2O4. The van der Waals surface area contributed by atoms with Crippen molar-refractivity contribution in [3.63, 3.8) is 0 Å². The number of halogens is 1. The number of rotatable bonds is 6. The Kier molecular flexibility index (Phi) is 6.53. The normalized spacial score (nSPS) is 27.3. The monoisotopic (exact) mass is 396 g/mol. The summed E-state index contributed by atoms with van der Waals surface area (Å²) < 4.78 is 22.7. The molecule has 27 heavy (non-hydrogen) atoms. The van der Waals surface area contributed by atoms with Crippen LogP contribution in [0.3, 0.4) is 0 Å². The first-order valence-corrected chi connectivity index (χ1v) is 10.2. The minimum atomic E-state index is 0.0258. The Bertz CT molecular complexity index is 618. The Morgan fingerprint density at radius 1 is 1.00 bits per heavy atom. The third kappa shape index (κ3) is 4.75. The second kappa shape index (κ2) is 9.07. The summed E-state index contributed by atoms with van der Waals surface area (Å²) in [5.41, 5.74) is 1.23. The zero-order chi connectivity index (χ0) is 18.5. The first-order chi connectivity index (χ1) is 13.3. The molecule has 1 atom stereocenters. The van der Waals surface area contributed by atoms with Crippen LogP contribution in [0.2, 0.25) is 5.02 Å². The van der Waals surface area contributed by atoms with Crippen molar-refractivity contribution in [1.29, 1.82) is 0 Å². The van der Waals surface area contributed by atoms with Crippen LogP contribution in [-0.2, 0) is 20.8 Å². The van der Waals surface area contributed by atoms with Crippen LogP contribution in [0.5, 0.6) is 5.75 Å². The fourth-order valence-electron chi connectivity index (χ4n) is 4.06. The van der Waals surface area contributed by atoms with Crippen molar-refractivity contribution in [2.75, 3.05) is 72.4 Å². The van der Waals surface area contributed by atoms with Gasteiger partial charge in [0.25, 0.3) is 0 Å². The summed E-state index contributed by atoms with van der Waals surface area (Å²) >= 11 is 6.49. The molecule has 0 saturated carbocycles. The topological polar surface area (TPSA) is 43.4 Å². The second-order valence-electron chi connectivity index (χ2n) is 7.57. The minimum Gasteiger partial charge on any atom is -0.491 e. The van der Waals surface area contributed by atoms with E-state index in [2.05, 4.69) is 15.9 Å². The summed E-state index contributed by atoms with van der Waals surface area (Å²) in [6, 6.07) is 6.15. The number of hydrogen-bond acceptors (Lipinski definition) is 6. The number of hydrogen-bond donors (Lipinski definition) is 0. The molecule has 1 spiro atoms. The van der Waals surface area contributed by atoms with Crippen molar-refractivity contribution in [1.82, 2.24) is 9.80 Å². The van der Waals surface area contributed by atoms with Gasteiger partial charge in [0.2, 0.25) is 0 Å². The molecular weight excluding hydrogens is 368 g/mol. The van der Waals surface area contributed by atoms with Crippen molar-refractivity contribution in [3.05, 3.63) is 28.8 Å². The minimum absolute atomic E-state index is 0.0258. The zero-order valence-electron chi connectivity index (χ0n) is 15.8. The van der Waals surface area contributed by atoms with Crippen LogP contribution in [0.15, 0.2) is 18.2 Å². The quantitative estimate of drug-likeness (QED) is 0.733. The molecule has 0 bridgehead atoms. The lowest BCUT2D eigenvalue weighted by molar-refractivity contribution is -0.0749. The van der Waals surface area contributed by atoms with Crippen molar-refractivity contribution < 1.29 is 18.9 Å². The Balaban J connectivity index is 1.32. The molecule has 1 aromatic rings. The van der Waals surface area contributed by atoms with Crippen LogP contribution in [0.25, 0.3) is 0 Å². The number of ether oxygens (including phenoxy) is 4. The molecule has 0 amide bonds. The molecule has 1 aromatic carbocycles. The van der Waals surface area contributed by atoms with Gasteiger partial charge in [-0.2, -0.15) is 0 Å². The van der Waals surface area contributed by atoms with Gasteiger partial charge in [0.1, 0.15) is 12.4 Å². The van der Waals surface area contributed by atoms with Gasteiger partial charge >= 0.3 is 0 Å². The highest BCUT2D eigenvalue weighted by atomic mass is 35.5. The van der Waals surface area contributed by atoms with Crippen LogP contribution in [-0.4, -0.2) is 87.8 Å². The molecule has 0 aliphatic carbocycles. The highest BCUT2D eigenvalue weighted by Crippen LogP contribution is 2.32. The van der Waals surface area contributed by atoms with E-state index in [-0.39, 0.29) is 5.54 Å². The van der Waals surface area contributed by atoms with E-state index in [1.807, 2.05) is 12.1 Å². The summed E-state index contributed by atoms with van der Waals surface area (Å²) in [7, 11) is 0. The van der Waals surface area contributed by atoms with Crippen LogP contribution >= 0.6 is 11.6 Å². The number of benzene rings is 1. The SMILES string of the molecule is Clc1cc(CN2CCOCC23CCOC3)ccc1OCCN1CCOCC1. The number of morpholine rings is 2. The number of nitrogens with zero attached hydrogens (tertiary/aromatic N) is 2. The van der Waals surface area contributed by atoms with Gasteiger partial charge in [0.15, 0.2) is 0 Å². The molecule has 3 fully saturated rings. The molecule has 4 rings (SSSR count). The van der Waals surface area contributed by atoms with E-state index in [4.69, 9.17) is 30.5 Å². The molecule has 3 saturated heterocycles. The third-order valence-corrected chi connectivity index (χ3v) is 6.06. The van der Waals surface area contributed by atoms with Gasteiger partial charge in [-0.3, -0.25) is 9.80 Å². The molecule has 0 radical (unpaired) electrons. The lowest BCUT2D eigenvalue weighted by Gasteiger charge is -2.43. The van der Waals surface area contributed by atoms with Crippen molar-refractivity contribution in [2.24, 2.45) is 0 Å². The lowest BCUT2D eigenvalue weighted by Crippen LogP contribution is -2.56. The van der Waals surface area contributed by atoms with E-state index >= 15 is 0 Å². The summed E-state index contributed by atoms with van der Waals surface area (Å²) in [5, 5.41) is 0.680. The molecule has 0 aromatic heterocycles. The summed E-state index contributed by atoms with van der Waals surface area (Å²) in [4.78, 5) is 4.85. The van der Waals surface area contributed by atoms with Gasteiger partial charge < -0.3 is 18.9 Å². The van der Waals surface area contributed by atoms with Gasteiger partial charge in [0.05, 0.1) is 43.6 Å². The third-order valence-electron chi connectivity index (χ3n) is 5.77. The smallest absolute Gasteiger partial charge is 0.137 e. The van der Waals surface area contributed by atoms with Gasteiger partial charge in [-0.1, -0.05) is 17.7 Å². The summed E-state index contributed by atoms with van der Waals surface area (Å²) in [5.74, 6) is 0.759. The average Bonchev–Trinajstić information content (AvgIpc) is 3.15. The highest BCUT2D eigenvalue weighted by Gasteiger charge is 2.42. The zero-order valence-corrected chi connectivity index (χ0v) is 16.6. The second-order valence-corrected chi connectivity index (χ2v) is 7.98. The van der Waals surface area contributed by atoms with Crippen LogP contribution < -0.4 is 4.74 Å². The van der Waals surface area contributed by atoms with E-state index in [9.17, 15) is 0 Å².